The molecule has 10 heteroatoms. The van der Waals surface area contributed by atoms with E-state index < -0.39 is 9.84 Å². The third-order valence-corrected chi connectivity index (χ3v) is 7.57. The molecular weight excluding hydrogens is 553 g/mol. The number of halogens is 2. The number of unbranched alkanes of at least 4 members (excludes halogenated alkanes) is 1. The number of benzene rings is 3. The number of ether oxygens (including phenoxy) is 1. The number of rotatable bonds is 11. The molecule has 0 bridgehead atoms. The van der Waals surface area contributed by atoms with E-state index in [1.165, 1.54) is 24.7 Å². The molecule has 0 unspecified atom stereocenters. The van der Waals surface area contributed by atoms with E-state index in [0.717, 1.165) is 28.6 Å². The summed E-state index contributed by atoms with van der Waals surface area (Å²) in [6.07, 6.45) is 4.74. The van der Waals surface area contributed by atoms with Crippen LogP contribution in [0.2, 0.25) is 5.02 Å². The van der Waals surface area contributed by atoms with Gasteiger partial charge in [-0.15, -0.1) is 0 Å². The molecule has 7 nitrogen and oxygen atoms in total. The second-order valence-corrected chi connectivity index (χ2v) is 12.2. The Morgan fingerprint density at radius 2 is 1.88 bits per heavy atom. The molecule has 40 heavy (non-hydrogen) atoms. The SMILES string of the molecule is CS(=O)(=O)CCCCc1ccc(-c2ccc3ncnc(Nc4ccc(OCc5cccc(F)c5)c(Cl)c4)c3c2)o1. The van der Waals surface area contributed by atoms with E-state index >= 15 is 0 Å². The first kappa shape index (κ1) is 27.6. The summed E-state index contributed by atoms with van der Waals surface area (Å²) >= 11 is 6.47. The number of aromatic nitrogens is 2. The van der Waals surface area contributed by atoms with Crippen LogP contribution in [0.4, 0.5) is 15.9 Å². The van der Waals surface area contributed by atoms with Crippen LogP contribution in [0.15, 0.2) is 83.5 Å². The molecule has 0 amide bonds. The number of sulfone groups is 1. The summed E-state index contributed by atoms with van der Waals surface area (Å²) < 4.78 is 47.9. The summed E-state index contributed by atoms with van der Waals surface area (Å²) in [6, 6.07) is 21.2. The van der Waals surface area contributed by atoms with Gasteiger partial charge in [0.2, 0.25) is 0 Å². The van der Waals surface area contributed by atoms with Crippen LogP contribution < -0.4 is 10.1 Å². The summed E-state index contributed by atoms with van der Waals surface area (Å²) in [6.45, 7) is 0.193. The minimum Gasteiger partial charge on any atom is -0.487 e. The third kappa shape index (κ3) is 7.16. The highest BCUT2D eigenvalue weighted by molar-refractivity contribution is 7.90. The van der Waals surface area contributed by atoms with Crippen molar-refractivity contribution in [1.82, 2.24) is 9.97 Å². The Morgan fingerprint density at radius 3 is 2.67 bits per heavy atom. The molecule has 0 saturated heterocycles. The molecule has 0 fully saturated rings. The predicted octanol–water partition coefficient (Wildman–Crippen LogP) is 7.37. The topological polar surface area (TPSA) is 94.3 Å². The molecule has 2 heterocycles. The zero-order valence-corrected chi connectivity index (χ0v) is 23.3. The van der Waals surface area contributed by atoms with Gasteiger partial charge in [0.05, 0.1) is 10.5 Å². The highest BCUT2D eigenvalue weighted by Crippen LogP contribution is 2.33. The minimum absolute atomic E-state index is 0.177. The maximum Gasteiger partial charge on any atom is 0.147 e. The van der Waals surface area contributed by atoms with Gasteiger partial charge >= 0.3 is 0 Å². The van der Waals surface area contributed by atoms with Crippen LogP contribution in [0.1, 0.15) is 24.2 Å². The summed E-state index contributed by atoms with van der Waals surface area (Å²) in [5.41, 5.74) is 3.04. The van der Waals surface area contributed by atoms with Gasteiger partial charge in [-0.3, -0.25) is 0 Å². The average molecular weight is 580 g/mol. The number of hydrogen-bond acceptors (Lipinski definition) is 7. The first-order valence-electron chi connectivity index (χ1n) is 12.7. The molecule has 206 valence electrons. The smallest absolute Gasteiger partial charge is 0.147 e. The van der Waals surface area contributed by atoms with Gasteiger partial charge in [-0.05, 0) is 79.1 Å². The van der Waals surface area contributed by atoms with Crippen molar-refractivity contribution in [3.05, 3.63) is 101 Å². The molecule has 0 radical (unpaired) electrons. The molecule has 3 aromatic carbocycles. The van der Waals surface area contributed by atoms with Crippen LogP contribution in [-0.4, -0.2) is 30.4 Å². The molecule has 1 N–H and O–H groups in total. The van der Waals surface area contributed by atoms with Crippen molar-refractivity contribution in [2.75, 3.05) is 17.3 Å². The molecule has 5 aromatic rings. The normalized spacial score (nSPS) is 11.6. The average Bonchev–Trinajstić information content (AvgIpc) is 3.39. The van der Waals surface area contributed by atoms with Crippen LogP contribution in [0.5, 0.6) is 5.75 Å². The van der Waals surface area contributed by atoms with Gasteiger partial charge in [-0.1, -0.05) is 23.7 Å². The molecule has 5 rings (SSSR count). The van der Waals surface area contributed by atoms with Crippen LogP contribution in [-0.2, 0) is 22.9 Å². The van der Waals surface area contributed by atoms with Crippen molar-refractivity contribution in [2.24, 2.45) is 0 Å². The summed E-state index contributed by atoms with van der Waals surface area (Å²) in [5, 5.41) is 4.51. The van der Waals surface area contributed by atoms with Gasteiger partial charge < -0.3 is 14.5 Å². The van der Waals surface area contributed by atoms with Gasteiger partial charge in [0.25, 0.3) is 0 Å². The fourth-order valence-corrected chi connectivity index (χ4v) is 5.22. The van der Waals surface area contributed by atoms with Crippen molar-refractivity contribution >= 4 is 43.8 Å². The number of furan rings is 1. The van der Waals surface area contributed by atoms with Gasteiger partial charge in [-0.25, -0.2) is 22.8 Å². The van der Waals surface area contributed by atoms with Crippen molar-refractivity contribution < 1.29 is 22.0 Å². The van der Waals surface area contributed by atoms with E-state index in [2.05, 4.69) is 15.3 Å². The Hall–Kier alpha value is -3.95. The number of hydrogen-bond donors (Lipinski definition) is 1. The maximum absolute atomic E-state index is 13.4. The second kappa shape index (κ2) is 12.1. The Balaban J connectivity index is 1.29. The lowest BCUT2D eigenvalue weighted by atomic mass is 10.1. The number of nitrogens with one attached hydrogen (secondary N) is 1. The van der Waals surface area contributed by atoms with E-state index in [4.69, 9.17) is 20.8 Å². The maximum atomic E-state index is 13.4. The summed E-state index contributed by atoms with van der Waals surface area (Å²) in [5.74, 6) is 2.46. The molecule has 0 spiro atoms. The van der Waals surface area contributed by atoms with Crippen LogP contribution in [0.25, 0.3) is 22.2 Å². The first-order valence-corrected chi connectivity index (χ1v) is 15.1. The van der Waals surface area contributed by atoms with Crippen LogP contribution in [0, 0.1) is 5.82 Å². The molecule has 0 saturated carbocycles. The lowest BCUT2D eigenvalue weighted by Gasteiger charge is -2.12. The first-order chi connectivity index (χ1) is 19.2. The van der Waals surface area contributed by atoms with Gasteiger partial charge in [0.1, 0.15) is 51.7 Å². The summed E-state index contributed by atoms with van der Waals surface area (Å²) in [7, 11) is -2.96. The lowest BCUT2D eigenvalue weighted by molar-refractivity contribution is 0.306. The highest BCUT2D eigenvalue weighted by Gasteiger charge is 2.12. The van der Waals surface area contributed by atoms with Crippen molar-refractivity contribution in [1.29, 1.82) is 0 Å². The molecule has 0 aliphatic heterocycles. The van der Waals surface area contributed by atoms with E-state index in [9.17, 15) is 12.8 Å². The van der Waals surface area contributed by atoms with E-state index in [1.807, 2.05) is 36.4 Å². The number of fused-ring (bicyclic) bond motifs is 1. The minimum atomic E-state index is -2.96. The molecule has 0 aliphatic carbocycles. The molecule has 0 atom stereocenters. The van der Waals surface area contributed by atoms with E-state index in [-0.39, 0.29) is 18.2 Å². The van der Waals surface area contributed by atoms with Gasteiger partial charge in [0, 0.05) is 35.1 Å². The van der Waals surface area contributed by atoms with Gasteiger partial charge in [-0.2, -0.15) is 0 Å². The molecule has 2 aromatic heterocycles. The number of anilines is 2. The second-order valence-electron chi connectivity index (χ2n) is 9.50. The Morgan fingerprint density at radius 1 is 1.00 bits per heavy atom. The number of aryl methyl sites for hydroxylation is 1. The van der Waals surface area contributed by atoms with Crippen LogP contribution in [0.3, 0.4) is 0 Å². The quantitative estimate of drug-likeness (QED) is 0.163. The van der Waals surface area contributed by atoms with E-state index in [0.29, 0.717) is 46.4 Å². The molecular formula is C30H27ClFN3O4S. The fourth-order valence-electron chi connectivity index (χ4n) is 4.26. The summed E-state index contributed by atoms with van der Waals surface area (Å²) in [4.78, 5) is 8.82. The fraction of sp³-hybridized carbons (Fsp3) is 0.200. The third-order valence-electron chi connectivity index (χ3n) is 6.25. The predicted molar refractivity (Wildman–Crippen MR) is 155 cm³/mol. The van der Waals surface area contributed by atoms with Crippen LogP contribution >= 0.6 is 11.6 Å². The lowest BCUT2D eigenvalue weighted by Crippen LogP contribution is -2.02. The Bertz CT molecular complexity index is 1760. The van der Waals surface area contributed by atoms with E-state index in [1.54, 1.807) is 24.3 Å². The largest absolute Gasteiger partial charge is 0.487 e. The van der Waals surface area contributed by atoms with Crippen molar-refractivity contribution in [3.63, 3.8) is 0 Å². The van der Waals surface area contributed by atoms with Gasteiger partial charge in [0.15, 0.2) is 0 Å². The Labute approximate surface area is 236 Å². The van der Waals surface area contributed by atoms with Crippen molar-refractivity contribution in [3.8, 4) is 17.1 Å². The monoisotopic (exact) mass is 579 g/mol. The highest BCUT2D eigenvalue weighted by atomic mass is 35.5. The Kier molecular flexibility index (Phi) is 8.32. The number of nitrogens with zero attached hydrogens (tertiary/aromatic N) is 2. The zero-order chi connectivity index (χ0) is 28.1. The zero-order valence-electron chi connectivity index (χ0n) is 21.7. The molecule has 0 aliphatic rings. The van der Waals surface area contributed by atoms with Crippen molar-refractivity contribution in [2.45, 2.75) is 25.9 Å². The standard InChI is InChI=1S/C30H27ClFN3O4S/c1-40(36,37)14-3-2-7-24-10-13-28(39-24)21-8-11-27-25(16-21)30(34-19-33-27)35-23-9-12-29(26(31)17-23)38-18-20-5-4-6-22(32)15-20/h4-6,8-13,15-17,19H,2-3,7,14,18H2,1H3,(H,33,34,35).